The first kappa shape index (κ1) is 34.7. The number of carbonyl (C=O) groups is 3. The van der Waals surface area contributed by atoms with Crippen LogP contribution in [0.15, 0.2) is 59.6 Å². The summed E-state index contributed by atoms with van der Waals surface area (Å²) in [5.74, 6) is -1.41. The molecule has 0 bridgehead atoms. The maximum absolute atomic E-state index is 13.5. The van der Waals surface area contributed by atoms with Gasteiger partial charge in [-0.2, -0.15) is 0 Å². The van der Waals surface area contributed by atoms with Gasteiger partial charge in [0.1, 0.15) is 12.1 Å². The monoisotopic (exact) mass is 596 g/mol. The van der Waals surface area contributed by atoms with Crippen molar-refractivity contribution in [2.24, 2.45) is 28.3 Å². The van der Waals surface area contributed by atoms with Gasteiger partial charge < -0.3 is 32.7 Å². The molecule has 0 aliphatic rings. The SMILES string of the molecule is CC(C)C[C@@H](NC(=O)[C@H](NCc1ccccc1)C(C)C)C(=O)N[C@H](CCCN=C(N)N)C(=O)Nc1ccc([N+](=O)[O-])cc1. The van der Waals surface area contributed by atoms with Gasteiger partial charge in [-0.05, 0) is 48.8 Å². The van der Waals surface area contributed by atoms with Crippen LogP contribution in [0.1, 0.15) is 52.5 Å². The Morgan fingerprint density at radius 1 is 0.884 bits per heavy atom. The van der Waals surface area contributed by atoms with E-state index in [1.807, 2.05) is 58.0 Å². The van der Waals surface area contributed by atoms with E-state index in [0.717, 1.165) is 5.56 Å². The smallest absolute Gasteiger partial charge is 0.269 e. The van der Waals surface area contributed by atoms with Gasteiger partial charge >= 0.3 is 0 Å². The van der Waals surface area contributed by atoms with Crippen LogP contribution in [0.2, 0.25) is 0 Å². The number of anilines is 1. The number of nitro groups is 1. The van der Waals surface area contributed by atoms with E-state index in [-0.39, 0.29) is 42.4 Å². The van der Waals surface area contributed by atoms with Crippen LogP contribution < -0.4 is 32.7 Å². The molecule has 0 unspecified atom stereocenters. The molecule has 3 amide bonds. The van der Waals surface area contributed by atoms with Gasteiger partial charge in [0.15, 0.2) is 5.96 Å². The van der Waals surface area contributed by atoms with Crippen LogP contribution in [-0.4, -0.2) is 53.3 Å². The molecule has 0 radical (unpaired) electrons. The number of rotatable bonds is 17. The number of nitrogens with one attached hydrogen (secondary N) is 4. The summed E-state index contributed by atoms with van der Waals surface area (Å²) >= 11 is 0. The number of benzene rings is 2. The Balaban J connectivity index is 2.17. The molecule has 0 aliphatic carbocycles. The molecule has 0 spiro atoms. The fraction of sp³-hybridized carbons (Fsp3) is 0.467. The van der Waals surface area contributed by atoms with Crippen molar-refractivity contribution in [1.29, 1.82) is 0 Å². The molecule has 0 aromatic heterocycles. The van der Waals surface area contributed by atoms with Crippen LogP contribution in [0, 0.1) is 22.0 Å². The molecule has 0 saturated carbocycles. The van der Waals surface area contributed by atoms with E-state index in [1.165, 1.54) is 24.3 Å². The highest BCUT2D eigenvalue weighted by Gasteiger charge is 2.30. The summed E-state index contributed by atoms with van der Waals surface area (Å²) in [6.07, 6.45) is 0.944. The predicted molar refractivity (Wildman–Crippen MR) is 167 cm³/mol. The number of hydrogen-bond acceptors (Lipinski definition) is 7. The molecule has 43 heavy (non-hydrogen) atoms. The second-order valence-electron chi connectivity index (χ2n) is 11.1. The van der Waals surface area contributed by atoms with Crippen molar-refractivity contribution in [2.75, 3.05) is 11.9 Å². The molecule has 3 atom stereocenters. The van der Waals surface area contributed by atoms with E-state index >= 15 is 0 Å². The Morgan fingerprint density at radius 3 is 2.07 bits per heavy atom. The quantitative estimate of drug-likeness (QED) is 0.0524. The summed E-state index contributed by atoms with van der Waals surface area (Å²) in [4.78, 5) is 54.5. The van der Waals surface area contributed by atoms with Crippen molar-refractivity contribution in [3.63, 3.8) is 0 Å². The Labute approximate surface area is 252 Å². The minimum absolute atomic E-state index is 0.0535. The van der Waals surface area contributed by atoms with E-state index in [9.17, 15) is 24.5 Å². The standard InChI is InChI=1S/C30H44N8O5/c1-19(2)17-25(37-29(41)26(20(3)4)34-18-21-9-6-5-7-10-21)28(40)36-24(11-8-16-33-30(31)32)27(39)35-22-12-14-23(15-13-22)38(42)43/h5-7,9-10,12-15,19-20,24-26,34H,8,11,16-18H2,1-4H3,(H,35,39)(H,36,40)(H,37,41)(H4,31,32,33)/t24-,25-,26-/m1/s1. The Hall–Kier alpha value is -4.52. The summed E-state index contributed by atoms with van der Waals surface area (Å²) in [5, 5.41) is 22.6. The highest BCUT2D eigenvalue weighted by atomic mass is 16.6. The highest BCUT2D eigenvalue weighted by molar-refractivity contribution is 5.98. The summed E-state index contributed by atoms with van der Waals surface area (Å²) in [6.45, 7) is 8.46. The molecule has 0 heterocycles. The second-order valence-corrected chi connectivity index (χ2v) is 11.1. The zero-order chi connectivity index (χ0) is 31.9. The van der Waals surface area contributed by atoms with Crippen LogP contribution in [-0.2, 0) is 20.9 Å². The molecule has 2 aromatic carbocycles. The Bertz CT molecular complexity index is 1230. The molecule has 2 aromatic rings. The van der Waals surface area contributed by atoms with Crippen LogP contribution in [0.4, 0.5) is 11.4 Å². The van der Waals surface area contributed by atoms with E-state index in [0.29, 0.717) is 25.1 Å². The molecule has 0 saturated heterocycles. The van der Waals surface area contributed by atoms with E-state index in [2.05, 4.69) is 26.3 Å². The molecular formula is C30H44N8O5. The van der Waals surface area contributed by atoms with Crippen LogP contribution >= 0.6 is 0 Å². The molecule has 0 fully saturated rings. The van der Waals surface area contributed by atoms with E-state index in [1.54, 1.807) is 0 Å². The first-order valence-corrected chi connectivity index (χ1v) is 14.4. The number of nitrogens with zero attached hydrogens (tertiary/aromatic N) is 2. The number of nitrogens with two attached hydrogens (primary N) is 2. The normalized spacial score (nSPS) is 13.1. The van der Waals surface area contributed by atoms with Gasteiger partial charge in [-0.15, -0.1) is 0 Å². The molecule has 234 valence electrons. The van der Waals surface area contributed by atoms with E-state index < -0.39 is 34.9 Å². The lowest BCUT2D eigenvalue weighted by Crippen LogP contribution is -2.56. The number of guanidine groups is 1. The largest absolute Gasteiger partial charge is 0.370 e. The third-order valence-corrected chi connectivity index (χ3v) is 6.58. The van der Waals surface area contributed by atoms with Crippen molar-refractivity contribution in [1.82, 2.24) is 16.0 Å². The van der Waals surface area contributed by atoms with Gasteiger partial charge in [0.05, 0.1) is 11.0 Å². The van der Waals surface area contributed by atoms with E-state index in [4.69, 9.17) is 11.5 Å². The third-order valence-electron chi connectivity index (χ3n) is 6.58. The first-order chi connectivity index (χ1) is 20.4. The minimum Gasteiger partial charge on any atom is -0.370 e. The predicted octanol–water partition coefficient (Wildman–Crippen LogP) is 2.42. The van der Waals surface area contributed by atoms with Crippen molar-refractivity contribution in [2.45, 2.75) is 71.6 Å². The van der Waals surface area contributed by atoms with Gasteiger partial charge in [0.2, 0.25) is 17.7 Å². The number of carbonyl (C=O) groups excluding carboxylic acids is 3. The number of amides is 3. The van der Waals surface area contributed by atoms with Gasteiger partial charge in [0.25, 0.3) is 5.69 Å². The Kier molecular flexibility index (Phi) is 14.1. The Morgan fingerprint density at radius 2 is 1.51 bits per heavy atom. The number of aliphatic imine (C=N–C) groups is 1. The second kappa shape index (κ2) is 17.4. The highest BCUT2D eigenvalue weighted by Crippen LogP contribution is 2.16. The van der Waals surface area contributed by atoms with Crippen molar-refractivity contribution in [3.8, 4) is 0 Å². The van der Waals surface area contributed by atoms with Gasteiger partial charge in [-0.1, -0.05) is 58.0 Å². The number of nitro benzene ring substituents is 1. The first-order valence-electron chi connectivity index (χ1n) is 14.4. The van der Waals surface area contributed by atoms with Gasteiger partial charge in [0, 0.05) is 30.9 Å². The summed E-state index contributed by atoms with van der Waals surface area (Å²) < 4.78 is 0. The topological polar surface area (TPSA) is 207 Å². The molecule has 13 nitrogen and oxygen atoms in total. The fourth-order valence-electron chi connectivity index (χ4n) is 4.36. The van der Waals surface area contributed by atoms with Crippen molar-refractivity contribution in [3.05, 3.63) is 70.3 Å². The average molecular weight is 597 g/mol. The molecule has 8 N–H and O–H groups in total. The lowest BCUT2D eigenvalue weighted by atomic mass is 9.99. The third kappa shape index (κ3) is 12.5. The maximum atomic E-state index is 13.5. The van der Waals surface area contributed by atoms with Crippen LogP contribution in [0.25, 0.3) is 0 Å². The van der Waals surface area contributed by atoms with Crippen molar-refractivity contribution >= 4 is 35.1 Å². The number of hydrogen-bond donors (Lipinski definition) is 6. The minimum atomic E-state index is -0.986. The van der Waals surface area contributed by atoms with Crippen molar-refractivity contribution < 1.29 is 19.3 Å². The van der Waals surface area contributed by atoms with Crippen LogP contribution in [0.3, 0.4) is 0 Å². The number of non-ortho nitro benzene ring substituents is 1. The maximum Gasteiger partial charge on any atom is 0.269 e. The fourth-order valence-corrected chi connectivity index (χ4v) is 4.36. The average Bonchev–Trinajstić information content (AvgIpc) is 2.94. The molecule has 13 heteroatoms. The molecular weight excluding hydrogens is 552 g/mol. The lowest BCUT2D eigenvalue weighted by Gasteiger charge is -2.27. The lowest BCUT2D eigenvalue weighted by molar-refractivity contribution is -0.384. The van der Waals surface area contributed by atoms with Gasteiger partial charge in [-0.25, -0.2) is 0 Å². The molecule has 2 rings (SSSR count). The van der Waals surface area contributed by atoms with Gasteiger partial charge in [-0.3, -0.25) is 29.5 Å². The summed E-state index contributed by atoms with van der Waals surface area (Å²) in [6, 6.07) is 12.6. The molecule has 0 aliphatic heterocycles. The summed E-state index contributed by atoms with van der Waals surface area (Å²) in [7, 11) is 0. The van der Waals surface area contributed by atoms with Crippen LogP contribution in [0.5, 0.6) is 0 Å². The zero-order valence-corrected chi connectivity index (χ0v) is 25.2. The zero-order valence-electron chi connectivity index (χ0n) is 25.2. The summed E-state index contributed by atoms with van der Waals surface area (Å²) in [5.41, 5.74) is 12.0.